The molecule has 2 fully saturated rings. The standard InChI is InChI=1S/C8H8N2O2/c1-10-7(11)5-2-4(3-9)6(5)8(10)12/h4-6H,2H2,1H3. The lowest BCUT2D eigenvalue weighted by Crippen LogP contribution is -2.37. The van der Waals surface area contributed by atoms with E-state index in [0.717, 1.165) is 4.90 Å². The summed E-state index contributed by atoms with van der Waals surface area (Å²) >= 11 is 0. The fourth-order valence-corrected chi connectivity index (χ4v) is 1.96. The molecule has 0 aromatic carbocycles. The van der Waals surface area contributed by atoms with Crippen LogP contribution in [0, 0.1) is 29.1 Å². The summed E-state index contributed by atoms with van der Waals surface area (Å²) in [5.74, 6) is -1.03. The highest BCUT2D eigenvalue weighted by Gasteiger charge is 2.57. The molecule has 2 amide bonds. The molecule has 3 atom stereocenters. The van der Waals surface area contributed by atoms with E-state index in [0.29, 0.717) is 6.42 Å². The molecule has 4 nitrogen and oxygen atoms in total. The second kappa shape index (κ2) is 2.07. The third-order valence-electron chi connectivity index (χ3n) is 2.80. The minimum absolute atomic E-state index is 0.114. The van der Waals surface area contributed by atoms with Crippen LogP contribution in [-0.2, 0) is 9.59 Å². The number of imide groups is 1. The van der Waals surface area contributed by atoms with E-state index < -0.39 is 0 Å². The number of hydrogen-bond acceptors (Lipinski definition) is 3. The van der Waals surface area contributed by atoms with Crippen molar-refractivity contribution in [3.05, 3.63) is 0 Å². The highest BCUT2D eigenvalue weighted by molar-refractivity contribution is 6.06. The molecule has 1 heterocycles. The molecule has 0 radical (unpaired) electrons. The Hall–Kier alpha value is -1.37. The molecule has 1 saturated heterocycles. The number of nitrogens with zero attached hydrogens (tertiary/aromatic N) is 2. The Morgan fingerprint density at radius 2 is 2.17 bits per heavy atom. The quantitative estimate of drug-likeness (QED) is 0.464. The predicted octanol–water partition coefficient (Wildman–Crippen LogP) is -0.239. The van der Waals surface area contributed by atoms with E-state index in [1.807, 2.05) is 6.07 Å². The minimum Gasteiger partial charge on any atom is -0.285 e. The molecule has 2 rings (SSSR count). The Kier molecular flexibility index (Phi) is 1.26. The van der Waals surface area contributed by atoms with Crippen LogP contribution in [0.1, 0.15) is 6.42 Å². The largest absolute Gasteiger partial charge is 0.285 e. The van der Waals surface area contributed by atoms with Crippen molar-refractivity contribution < 1.29 is 9.59 Å². The van der Waals surface area contributed by atoms with Crippen molar-refractivity contribution in [1.82, 2.24) is 4.90 Å². The van der Waals surface area contributed by atoms with Crippen molar-refractivity contribution in [2.45, 2.75) is 6.42 Å². The van der Waals surface area contributed by atoms with E-state index in [-0.39, 0.29) is 29.6 Å². The van der Waals surface area contributed by atoms with Crippen LogP contribution in [0.3, 0.4) is 0 Å². The Morgan fingerprint density at radius 1 is 1.50 bits per heavy atom. The summed E-state index contributed by atoms with van der Waals surface area (Å²) in [5, 5.41) is 8.59. The maximum atomic E-state index is 11.3. The van der Waals surface area contributed by atoms with E-state index in [1.54, 1.807) is 0 Å². The lowest BCUT2D eigenvalue weighted by Gasteiger charge is -2.30. The van der Waals surface area contributed by atoms with Crippen molar-refractivity contribution in [3.8, 4) is 6.07 Å². The van der Waals surface area contributed by atoms with Crippen molar-refractivity contribution >= 4 is 11.8 Å². The maximum Gasteiger partial charge on any atom is 0.234 e. The van der Waals surface area contributed by atoms with Gasteiger partial charge in [-0.2, -0.15) is 5.26 Å². The van der Waals surface area contributed by atoms with Gasteiger partial charge in [-0.15, -0.1) is 0 Å². The summed E-state index contributed by atoms with van der Waals surface area (Å²) in [6, 6.07) is 2.04. The SMILES string of the molecule is CN1C(=O)C2CC(C#N)C2C1=O. The van der Waals surface area contributed by atoms with Crippen LogP contribution in [0.25, 0.3) is 0 Å². The molecule has 0 aromatic rings. The molecule has 3 unspecified atom stereocenters. The molecule has 0 spiro atoms. The first kappa shape index (κ1) is 7.29. The number of likely N-dealkylation sites (tertiary alicyclic amines) is 1. The Labute approximate surface area is 69.8 Å². The number of amides is 2. The predicted molar refractivity (Wildman–Crippen MR) is 38.5 cm³/mol. The molecule has 4 heteroatoms. The number of nitriles is 1. The fourth-order valence-electron chi connectivity index (χ4n) is 1.96. The smallest absolute Gasteiger partial charge is 0.234 e. The zero-order valence-electron chi connectivity index (χ0n) is 6.65. The van der Waals surface area contributed by atoms with Gasteiger partial charge in [-0.1, -0.05) is 0 Å². The topological polar surface area (TPSA) is 61.2 Å². The van der Waals surface area contributed by atoms with Crippen LogP contribution in [-0.4, -0.2) is 23.8 Å². The first-order valence-corrected chi connectivity index (χ1v) is 3.88. The van der Waals surface area contributed by atoms with Gasteiger partial charge in [-0.05, 0) is 6.42 Å². The second-order valence-corrected chi connectivity index (χ2v) is 3.34. The van der Waals surface area contributed by atoms with Gasteiger partial charge in [-0.3, -0.25) is 14.5 Å². The normalized spacial score (nSPS) is 39.0. The molecule has 0 bridgehead atoms. The summed E-state index contributed by atoms with van der Waals surface area (Å²) in [4.78, 5) is 23.7. The van der Waals surface area contributed by atoms with Crippen LogP contribution in [0.5, 0.6) is 0 Å². The molecule has 2 aliphatic rings. The second-order valence-electron chi connectivity index (χ2n) is 3.34. The van der Waals surface area contributed by atoms with Gasteiger partial charge in [-0.25, -0.2) is 0 Å². The van der Waals surface area contributed by atoms with E-state index in [2.05, 4.69) is 0 Å². The first-order valence-electron chi connectivity index (χ1n) is 3.88. The fraction of sp³-hybridized carbons (Fsp3) is 0.625. The van der Waals surface area contributed by atoms with Gasteiger partial charge >= 0.3 is 0 Å². The van der Waals surface area contributed by atoms with Gasteiger partial charge in [0.15, 0.2) is 0 Å². The molecule has 0 aromatic heterocycles. The summed E-state index contributed by atoms with van der Waals surface area (Å²) in [6.07, 6.45) is 0.566. The average molecular weight is 164 g/mol. The zero-order valence-corrected chi connectivity index (χ0v) is 6.65. The Bertz CT molecular complexity index is 305. The van der Waals surface area contributed by atoms with Crippen molar-refractivity contribution in [1.29, 1.82) is 5.26 Å². The summed E-state index contributed by atoms with van der Waals surface area (Å²) in [5.41, 5.74) is 0. The van der Waals surface area contributed by atoms with Crippen molar-refractivity contribution in [2.75, 3.05) is 7.05 Å². The van der Waals surface area contributed by atoms with Crippen LogP contribution >= 0.6 is 0 Å². The van der Waals surface area contributed by atoms with E-state index in [9.17, 15) is 9.59 Å². The molecule has 62 valence electrons. The van der Waals surface area contributed by atoms with Crippen molar-refractivity contribution in [3.63, 3.8) is 0 Å². The molecule has 1 saturated carbocycles. The van der Waals surface area contributed by atoms with E-state index in [4.69, 9.17) is 5.26 Å². The molecular weight excluding hydrogens is 156 g/mol. The van der Waals surface area contributed by atoms with Crippen LogP contribution in [0.4, 0.5) is 0 Å². The summed E-state index contributed by atoms with van der Waals surface area (Å²) < 4.78 is 0. The monoisotopic (exact) mass is 164 g/mol. The number of carbonyl (C=O) groups is 2. The molecule has 0 N–H and O–H groups in total. The number of hydrogen-bond donors (Lipinski definition) is 0. The van der Waals surface area contributed by atoms with Gasteiger partial charge in [0.2, 0.25) is 11.8 Å². The third-order valence-corrected chi connectivity index (χ3v) is 2.80. The number of fused-ring (bicyclic) bond motifs is 1. The summed E-state index contributed by atoms with van der Waals surface area (Å²) in [7, 11) is 1.48. The Balaban J connectivity index is 2.27. The zero-order chi connectivity index (χ0) is 8.88. The third kappa shape index (κ3) is 0.613. The van der Waals surface area contributed by atoms with Crippen LogP contribution < -0.4 is 0 Å². The molecule has 12 heavy (non-hydrogen) atoms. The van der Waals surface area contributed by atoms with Crippen LogP contribution in [0.15, 0.2) is 0 Å². The lowest BCUT2D eigenvalue weighted by molar-refractivity contribution is -0.137. The highest BCUT2D eigenvalue weighted by Crippen LogP contribution is 2.46. The minimum atomic E-state index is -0.326. The van der Waals surface area contributed by atoms with E-state index in [1.165, 1.54) is 7.05 Å². The molecule has 1 aliphatic carbocycles. The van der Waals surface area contributed by atoms with Gasteiger partial charge in [0.25, 0.3) is 0 Å². The van der Waals surface area contributed by atoms with Crippen molar-refractivity contribution in [2.24, 2.45) is 17.8 Å². The lowest BCUT2D eigenvalue weighted by atomic mass is 9.67. The summed E-state index contributed by atoms with van der Waals surface area (Å²) in [6.45, 7) is 0. The average Bonchev–Trinajstić information content (AvgIpc) is 2.14. The van der Waals surface area contributed by atoms with Gasteiger partial charge in [0.05, 0.1) is 23.8 Å². The van der Waals surface area contributed by atoms with Gasteiger partial charge in [0, 0.05) is 7.05 Å². The van der Waals surface area contributed by atoms with E-state index >= 15 is 0 Å². The molecular formula is C8H8N2O2. The first-order chi connectivity index (χ1) is 5.66. The number of rotatable bonds is 0. The maximum absolute atomic E-state index is 11.3. The van der Waals surface area contributed by atoms with Crippen LogP contribution in [0.2, 0.25) is 0 Å². The Morgan fingerprint density at radius 3 is 2.67 bits per heavy atom. The number of carbonyl (C=O) groups excluding carboxylic acids is 2. The van der Waals surface area contributed by atoms with Gasteiger partial charge < -0.3 is 0 Å². The van der Waals surface area contributed by atoms with Gasteiger partial charge in [0.1, 0.15) is 0 Å². The highest BCUT2D eigenvalue weighted by atomic mass is 16.2. The molecule has 1 aliphatic heterocycles.